The fourth-order valence-corrected chi connectivity index (χ4v) is 3.94. The summed E-state index contributed by atoms with van der Waals surface area (Å²) in [5.41, 5.74) is 3.31. The van der Waals surface area contributed by atoms with Crippen LogP contribution in [-0.2, 0) is 10.0 Å². The summed E-state index contributed by atoms with van der Waals surface area (Å²) in [7, 11) is -1.14. The molecule has 32 heavy (non-hydrogen) atoms. The van der Waals surface area contributed by atoms with E-state index in [-0.39, 0.29) is 22.0 Å². The molecular formula is C21H20N4O6S. The van der Waals surface area contributed by atoms with Gasteiger partial charge in [0.15, 0.2) is 0 Å². The molecular weight excluding hydrogens is 436 g/mol. The number of rotatable bonds is 9. The lowest BCUT2D eigenvalue weighted by atomic mass is 10.2. The molecule has 0 saturated heterocycles. The normalized spacial score (nSPS) is 11.2. The van der Waals surface area contributed by atoms with E-state index in [1.807, 2.05) is 0 Å². The maximum absolute atomic E-state index is 13.0. The molecule has 3 rings (SSSR count). The molecule has 0 aliphatic carbocycles. The van der Waals surface area contributed by atoms with Crippen molar-refractivity contribution in [1.82, 2.24) is 0 Å². The number of nitrogens with zero attached hydrogens (tertiary/aromatic N) is 2. The molecule has 2 N–H and O–H groups in total. The molecule has 0 heterocycles. The summed E-state index contributed by atoms with van der Waals surface area (Å²) in [6.45, 7) is 0. The van der Waals surface area contributed by atoms with Crippen molar-refractivity contribution in [3.63, 3.8) is 0 Å². The zero-order valence-corrected chi connectivity index (χ0v) is 18.0. The summed E-state index contributed by atoms with van der Waals surface area (Å²) >= 11 is 0. The van der Waals surface area contributed by atoms with Crippen molar-refractivity contribution in [1.29, 1.82) is 0 Å². The summed E-state index contributed by atoms with van der Waals surface area (Å²) in [6.07, 6.45) is 1.47. The first-order valence-electron chi connectivity index (χ1n) is 9.21. The van der Waals surface area contributed by atoms with E-state index in [1.54, 1.807) is 43.5 Å². The van der Waals surface area contributed by atoms with Gasteiger partial charge in [-0.15, -0.1) is 0 Å². The van der Waals surface area contributed by atoms with Crippen LogP contribution in [0, 0.1) is 10.1 Å². The molecule has 10 nitrogen and oxygen atoms in total. The van der Waals surface area contributed by atoms with Gasteiger partial charge in [0, 0.05) is 17.8 Å². The zero-order valence-electron chi connectivity index (χ0n) is 17.2. The lowest BCUT2D eigenvalue weighted by molar-refractivity contribution is -0.385. The van der Waals surface area contributed by atoms with Gasteiger partial charge < -0.3 is 9.47 Å². The van der Waals surface area contributed by atoms with Gasteiger partial charge in [0.1, 0.15) is 16.4 Å². The molecule has 3 aromatic rings. The van der Waals surface area contributed by atoms with E-state index in [9.17, 15) is 18.5 Å². The Hall–Kier alpha value is -4.12. The lowest BCUT2D eigenvalue weighted by Gasteiger charge is -2.12. The lowest BCUT2D eigenvalue weighted by Crippen LogP contribution is -2.15. The number of nitrogens with one attached hydrogen (secondary N) is 2. The molecule has 0 saturated carbocycles. The van der Waals surface area contributed by atoms with Crippen molar-refractivity contribution in [2.24, 2.45) is 5.10 Å². The van der Waals surface area contributed by atoms with E-state index >= 15 is 0 Å². The molecule has 0 aromatic heterocycles. The number of benzene rings is 3. The van der Waals surface area contributed by atoms with Crippen LogP contribution < -0.4 is 19.6 Å². The minimum Gasteiger partial charge on any atom is -0.497 e. The Labute approximate surface area is 184 Å². The van der Waals surface area contributed by atoms with Gasteiger partial charge in [0.25, 0.3) is 15.7 Å². The van der Waals surface area contributed by atoms with Crippen molar-refractivity contribution in [3.05, 3.63) is 82.4 Å². The second-order valence-corrected chi connectivity index (χ2v) is 8.07. The molecule has 166 valence electrons. The Morgan fingerprint density at radius 3 is 2.34 bits per heavy atom. The first-order valence-corrected chi connectivity index (χ1v) is 10.7. The minimum absolute atomic E-state index is 0.0655. The Morgan fingerprint density at radius 2 is 1.69 bits per heavy atom. The van der Waals surface area contributed by atoms with Gasteiger partial charge in [-0.25, -0.2) is 8.42 Å². The highest BCUT2D eigenvalue weighted by Gasteiger charge is 2.22. The SMILES string of the molecule is COc1ccc(NS(=O)(=O)c2cc([N+](=O)[O-])ccc2N/N=C/c2cccc(OC)c2)cc1. The monoisotopic (exact) mass is 456 g/mol. The zero-order chi connectivity index (χ0) is 23.1. The number of hydrazone groups is 1. The Kier molecular flexibility index (Phi) is 6.90. The summed E-state index contributed by atoms with van der Waals surface area (Å²) in [4.78, 5) is 10.2. The van der Waals surface area contributed by atoms with Gasteiger partial charge in [-0.2, -0.15) is 5.10 Å². The van der Waals surface area contributed by atoms with E-state index in [0.29, 0.717) is 17.1 Å². The third-order valence-electron chi connectivity index (χ3n) is 4.30. The largest absolute Gasteiger partial charge is 0.497 e. The third-order valence-corrected chi connectivity index (χ3v) is 5.72. The van der Waals surface area contributed by atoms with Crippen LogP contribution >= 0.6 is 0 Å². The molecule has 0 bridgehead atoms. The fraction of sp³-hybridized carbons (Fsp3) is 0.0952. The van der Waals surface area contributed by atoms with Gasteiger partial charge >= 0.3 is 0 Å². The van der Waals surface area contributed by atoms with Crippen molar-refractivity contribution in [2.75, 3.05) is 24.4 Å². The molecule has 0 unspecified atom stereocenters. The van der Waals surface area contributed by atoms with Crippen LogP contribution in [0.1, 0.15) is 5.56 Å². The first kappa shape index (κ1) is 22.6. The van der Waals surface area contributed by atoms with Gasteiger partial charge in [0.05, 0.1) is 31.0 Å². The molecule has 11 heteroatoms. The molecule has 0 atom stereocenters. The molecule has 0 spiro atoms. The van der Waals surface area contributed by atoms with Crippen LogP contribution in [0.4, 0.5) is 17.1 Å². The van der Waals surface area contributed by atoms with E-state index in [4.69, 9.17) is 9.47 Å². The van der Waals surface area contributed by atoms with Crippen molar-refractivity contribution >= 4 is 33.3 Å². The average molecular weight is 456 g/mol. The average Bonchev–Trinajstić information content (AvgIpc) is 2.79. The highest BCUT2D eigenvalue weighted by molar-refractivity contribution is 7.92. The van der Waals surface area contributed by atoms with Crippen molar-refractivity contribution < 1.29 is 22.8 Å². The minimum atomic E-state index is -4.18. The third kappa shape index (κ3) is 5.52. The summed E-state index contributed by atoms with van der Waals surface area (Å²) in [5.74, 6) is 1.19. The Morgan fingerprint density at radius 1 is 0.969 bits per heavy atom. The molecule has 3 aromatic carbocycles. The van der Waals surface area contributed by atoms with E-state index in [0.717, 1.165) is 6.07 Å². The number of sulfonamides is 1. The van der Waals surface area contributed by atoms with Crippen LogP contribution in [0.15, 0.2) is 76.7 Å². The highest BCUT2D eigenvalue weighted by Crippen LogP contribution is 2.29. The predicted octanol–water partition coefficient (Wildman–Crippen LogP) is 3.86. The maximum atomic E-state index is 13.0. The summed E-state index contributed by atoms with van der Waals surface area (Å²) < 4.78 is 38.6. The number of hydrogen-bond donors (Lipinski definition) is 2. The van der Waals surface area contributed by atoms with Gasteiger partial charge in [0.2, 0.25) is 0 Å². The van der Waals surface area contributed by atoms with E-state index < -0.39 is 14.9 Å². The molecule has 0 radical (unpaired) electrons. The van der Waals surface area contributed by atoms with Gasteiger partial charge in [-0.3, -0.25) is 20.3 Å². The van der Waals surface area contributed by atoms with E-state index in [1.165, 1.54) is 37.6 Å². The summed E-state index contributed by atoms with van der Waals surface area (Å²) in [6, 6.07) is 16.7. The second-order valence-electron chi connectivity index (χ2n) is 6.42. The van der Waals surface area contributed by atoms with Gasteiger partial charge in [-0.05, 0) is 48.0 Å². The van der Waals surface area contributed by atoms with Gasteiger partial charge in [-0.1, -0.05) is 12.1 Å². The summed E-state index contributed by atoms with van der Waals surface area (Å²) in [5, 5.41) is 15.3. The number of nitro benzene ring substituents is 1. The molecule has 0 fully saturated rings. The predicted molar refractivity (Wildman–Crippen MR) is 121 cm³/mol. The Bertz CT molecular complexity index is 1240. The Balaban J connectivity index is 1.91. The first-order chi connectivity index (χ1) is 15.3. The van der Waals surface area contributed by atoms with Crippen molar-refractivity contribution in [3.8, 4) is 11.5 Å². The number of nitro groups is 1. The topological polar surface area (TPSA) is 132 Å². The second kappa shape index (κ2) is 9.79. The van der Waals surface area contributed by atoms with Crippen LogP contribution in [0.5, 0.6) is 11.5 Å². The maximum Gasteiger partial charge on any atom is 0.270 e. The number of non-ortho nitro benzene ring substituents is 1. The highest BCUT2D eigenvalue weighted by atomic mass is 32.2. The van der Waals surface area contributed by atoms with Crippen LogP contribution in [-0.4, -0.2) is 33.8 Å². The number of anilines is 2. The van der Waals surface area contributed by atoms with E-state index in [2.05, 4.69) is 15.2 Å². The molecule has 0 amide bonds. The fourth-order valence-electron chi connectivity index (χ4n) is 2.71. The standard InChI is InChI=1S/C21H20N4O6S/c1-30-18-9-6-16(7-10-18)24-32(28,29)21-13-17(25(26)27)8-11-20(21)23-22-14-15-4-3-5-19(12-15)31-2/h3-14,23-24H,1-2H3/b22-14+. The van der Waals surface area contributed by atoms with Crippen LogP contribution in [0.3, 0.4) is 0 Å². The van der Waals surface area contributed by atoms with Crippen molar-refractivity contribution in [2.45, 2.75) is 4.90 Å². The smallest absolute Gasteiger partial charge is 0.270 e. The van der Waals surface area contributed by atoms with Crippen LogP contribution in [0.25, 0.3) is 0 Å². The number of hydrogen-bond acceptors (Lipinski definition) is 8. The molecule has 0 aliphatic rings. The van der Waals surface area contributed by atoms with Crippen LogP contribution in [0.2, 0.25) is 0 Å². The quantitative estimate of drug-likeness (QED) is 0.284. The number of ether oxygens (including phenoxy) is 2. The number of methoxy groups -OCH3 is 2. The molecule has 0 aliphatic heterocycles.